The van der Waals surface area contributed by atoms with E-state index in [0.29, 0.717) is 27.4 Å². The molecule has 1 N–H and O–H groups in total. The highest BCUT2D eigenvalue weighted by atomic mass is 79.9. The minimum Gasteiger partial charge on any atom is -0.493 e. The molecule has 3 rings (SSSR count). The van der Waals surface area contributed by atoms with Gasteiger partial charge in [0.05, 0.1) is 32.0 Å². The molecule has 0 aliphatic carbocycles. The van der Waals surface area contributed by atoms with E-state index in [9.17, 15) is 18.0 Å². The Balaban J connectivity index is 1.88. The number of hydrogen-bond acceptors (Lipinski definition) is 8. The Morgan fingerprint density at radius 3 is 2.26 bits per heavy atom. The number of ether oxygens (including phenoxy) is 4. The van der Waals surface area contributed by atoms with Crippen LogP contribution in [0, 0.1) is 0 Å². The minimum absolute atomic E-state index is 0.0249. The fraction of sp³-hybridized carbons (Fsp3) is 0.227. The molecule has 0 saturated heterocycles. The third kappa shape index (κ3) is 5.87. The van der Waals surface area contributed by atoms with E-state index in [1.54, 1.807) is 18.2 Å². The lowest BCUT2D eigenvalue weighted by Crippen LogP contribution is -2.24. The zero-order valence-electron chi connectivity index (χ0n) is 18.2. The lowest BCUT2D eigenvalue weighted by Gasteiger charge is -2.15. The summed E-state index contributed by atoms with van der Waals surface area (Å²) in [7, 11) is 4.43. The van der Waals surface area contributed by atoms with Crippen molar-refractivity contribution in [2.45, 2.75) is 12.6 Å². The summed E-state index contributed by atoms with van der Waals surface area (Å²) in [6.45, 7) is 0. The number of ketones is 1. The molecule has 180 valence electrons. The van der Waals surface area contributed by atoms with Crippen LogP contribution in [0.25, 0.3) is 0 Å². The van der Waals surface area contributed by atoms with Crippen molar-refractivity contribution in [1.82, 2.24) is 9.97 Å². The van der Waals surface area contributed by atoms with E-state index in [0.717, 1.165) is 0 Å². The first-order valence-electron chi connectivity index (χ1n) is 9.61. The summed E-state index contributed by atoms with van der Waals surface area (Å²) in [5.41, 5.74) is 0.577. The van der Waals surface area contributed by atoms with Crippen LogP contribution in [0.4, 0.5) is 24.8 Å². The van der Waals surface area contributed by atoms with Gasteiger partial charge in [0.2, 0.25) is 23.4 Å². The standard InChI is InChI=1S/C22H19BrF3N3O5/c1-31-16-9-13(10-17(32-2)19(16)33-3)28-21-27-11-14(23)20(29-21)34-15-7-5-4-6-12(15)8-18(30)22(24,25)26/h4-7,9-11H,8H2,1-3H3,(H,27,28,29). The van der Waals surface area contributed by atoms with E-state index in [1.807, 2.05) is 0 Å². The van der Waals surface area contributed by atoms with Crippen molar-refractivity contribution >= 4 is 33.3 Å². The molecule has 0 fully saturated rings. The maximum absolute atomic E-state index is 12.7. The molecule has 0 aliphatic heterocycles. The molecule has 0 radical (unpaired) electrons. The van der Waals surface area contributed by atoms with E-state index in [1.165, 1.54) is 45.7 Å². The molecule has 0 saturated carbocycles. The van der Waals surface area contributed by atoms with E-state index in [-0.39, 0.29) is 23.1 Å². The predicted octanol–water partition coefficient (Wildman–Crippen LogP) is 5.47. The average molecular weight is 542 g/mol. The number of Topliss-reactive ketones (excluding diaryl/α,β-unsaturated/α-hetero) is 1. The molecule has 3 aromatic rings. The van der Waals surface area contributed by atoms with Crippen molar-refractivity contribution in [2.75, 3.05) is 26.6 Å². The monoisotopic (exact) mass is 541 g/mol. The van der Waals surface area contributed by atoms with E-state index in [4.69, 9.17) is 18.9 Å². The number of halogens is 4. The quantitative estimate of drug-likeness (QED) is 0.381. The first-order chi connectivity index (χ1) is 16.2. The van der Waals surface area contributed by atoms with Crippen molar-refractivity contribution < 1.29 is 36.9 Å². The molecule has 1 aromatic heterocycles. The molecule has 1 heterocycles. The normalized spacial score (nSPS) is 11.0. The zero-order valence-corrected chi connectivity index (χ0v) is 19.8. The third-order valence-corrected chi connectivity index (χ3v) is 5.02. The molecule has 2 aromatic carbocycles. The maximum atomic E-state index is 12.7. The van der Waals surface area contributed by atoms with Crippen molar-refractivity contribution in [1.29, 1.82) is 0 Å². The fourth-order valence-electron chi connectivity index (χ4n) is 2.89. The van der Waals surface area contributed by atoms with Gasteiger partial charge >= 0.3 is 6.18 Å². The first kappa shape index (κ1) is 25.1. The number of carbonyl (C=O) groups excluding carboxylic acids is 1. The highest BCUT2D eigenvalue weighted by molar-refractivity contribution is 9.10. The Morgan fingerprint density at radius 2 is 1.68 bits per heavy atom. The first-order valence-corrected chi connectivity index (χ1v) is 10.4. The van der Waals surface area contributed by atoms with Gasteiger partial charge in [0, 0.05) is 29.8 Å². The fourth-order valence-corrected chi connectivity index (χ4v) is 3.16. The summed E-state index contributed by atoms with van der Waals surface area (Å²) in [5.74, 6) is -0.467. The number of nitrogens with zero attached hydrogens (tertiary/aromatic N) is 2. The maximum Gasteiger partial charge on any atom is 0.450 e. The predicted molar refractivity (Wildman–Crippen MR) is 120 cm³/mol. The van der Waals surface area contributed by atoms with Gasteiger partial charge in [-0.25, -0.2) is 4.98 Å². The van der Waals surface area contributed by atoms with Crippen LogP contribution in [-0.2, 0) is 11.2 Å². The van der Waals surface area contributed by atoms with Crippen LogP contribution < -0.4 is 24.3 Å². The summed E-state index contributed by atoms with van der Waals surface area (Å²) in [4.78, 5) is 19.9. The highest BCUT2D eigenvalue weighted by Gasteiger charge is 2.38. The lowest BCUT2D eigenvalue weighted by atomic mass is 10.1. The second kappa shape index (κ2) is 10.6. The van der Waals surface area contributed by atoms with Gasteiger partial charge < -0.3 is 24.3 Å². The number of para-hydroxylation sites is 1. The summed E-state index contributed by atoms with van der Waals surface area (Å²) in [5, 5.41) is 2.98. The van der Waals surface area contributed by atoms with Crippen LogP contribution in [0.3, 0.4) is 0 Å². The second-order valence-electron chi connectivity index (χ2n) is 6.69. The molecule has 0 unspecified atom stereocenters. The summed E-state index contributed by atoms with van der Waals surface area (Å²) >= 11 is 3.26. The second-order valence-corrected chi connectivity index (χ2v) is 7.55. The largest absolute Gasteiger partial charge is 0.493 e. The zero-order chi connectivity index (χ0) is 24.9. The van der Waals surface area contributed by atoms with Crippen molar-refractivity contribution in [3.05, 3.63) is 52.6 Å². The van der Waals surface area contributed by atoms with Gasteiger partial charge in [-0.15, -0.1) is 0 Å². The molecule has 12 heteroatoms. The summed E-state index contributed by atoms with van der Waals surface area (Å²) < 4.78 is 60.2. The van der Waals surface area contributed by atoms with E-state index < -0.39 is 18.4 Å². The third-order valence-electron chi connectivity index (χ3n) is 4.48. The number of anilines is 2. The average Bonchev–Trinajstić information content (AvgIpc) is 2.81. The Morgan fingerprint density at radius 1 is 1.03 bits per heavy atom. The number of benzene rings is 2. The van der Waals surface area contributed by atoms with Crippen LogP contribution in [0.1, 0.15) is 5.56 Å². The molecule has 8 nitrogen and oxygen atoms in total. The highest BCUT2D eigenvalue weighted by Crippen LogP contribution is 2.40. The van der Waals surface area contributed by atoms with Crippen molar-refractivity contribution in [2.24, 2.45) is 0 Å². The molecular weight excluding hydrogens is 523 g/mol. The number of methoxy groups -OCH3 is 3. The smallest absolute Gasteiger partial charge is 0.450 e. The number of carbonyl (C=O) groups is 1. The Labute approximate surface area is 201 Å². The van der Waals surface area contributed by atoms with E-state index >= 15 is 0 Å². The minimum atomic E-state index is -4.94. The molecule has 0 spiro atoms. The molecular formula is C22H19BrF3N3O5. The molecule has 0 atom stereocenters. The summed E-state index contributed by atoms with van der Waals surface area (Å²) in [6.07, 6.45) is -4.40. The van der Waals surface area contributed by atoms with Gasteiger partial charge in [-0.05, 0) is 22.0 Å². The molecule has 0 aliphatic rings. The lowest BCUT2D eigenvalue weighted by molar-refractivity contribution is -0.170. The topological polar surface area (TPSA) is 91.8 Å². The molecule has 34 heavy (non-hydrogen) atoms. The number of hydrogen-bond donors (Lipinski definition) is 1. The number of alkyl halides is 3. The van der Waals surface area contributed by atoms with Crippen LogP contribution >= 0.6 is 15.9 Å². The molecule has 0 amide bonds. The van der Waals surface area contributed by atoms with Crippen molar-refractivity contribution in [3.8, 4) is 28.9 Å². The Hall–Kier alpha value is -3.54. The number of nitrogens with one attached hydrogen (secondary N) is 1. The van der Waals surface area contributed by atoms with Crippen LogP contribution in [0.2, 0.25) is 0 Å². The van der Waals surface area contributed by atoms with Crippen LogP contribution in [-0.4, -0.2) is 43.3 Å². The van der Waals surface area contributed by atoms with Gasteiger partial charge in [0.1, 0.15) is 5.75 Å². The SMILES string of the molecule is COc1cc(Nc2ncc(Br)c(Oc3ccccc3CC(=O)C(F)(F)F)n2)cc(OC)c1OC. The van der Waals surface area contributed by atoms with Crippen LogP contribution in [0.5, 0.6) is 28.9 Å². The number of aromatic nitrogens is 2. The van der Waals surface area contributed by atoms with Gasteiger partial charge in [-0.3, -0.25) is 4.79 Å². The van der Waals surface area contributed by atoms with Gasteiger partial charge in [0.15, 0.2) is 11.5 Å². The van der Waals surface area contributed by atoms with Gasteiger partial charge in [-0.2, -0.15) is 18.2 Å². The number of rotatable bonds is 9. The van der Waals surface area contributed by atoms with Crippen LogP contribution in [0.15, 0.2) is 47.1 Å². The van der Waals surface area contributed by atoms with Gasteiger partial charge in [0.25, 0.3) is 0 Å². The summed E-state index contributed by atoms with van der Waals surface area (Å²) in [6, 6.07) is 9.19. The van der Waals surface area contributed by atoms with Gasteiger partial charge in [-0.1, -0.05) is 18.2 Å². The Kier molecular flexibility index (Phi) is 7.82. The Bertz CT molecular complexity index is 1170. The van der Waals surface area contributed by atoms with E-state index in [2.05, 4.69) is 31.2 Å². The molecule has 0 bridgehead atoms. The van der Waals surface area contributed by atoms with Crippen molar-refractivity contribution in [3.63, 3.8) is 0 Å².